The Morgan fingerprint density at radius 1 is 1.20 bits per heavy atom. The number of fused-ring (bicyclic) bond motifs is 1. The van der Waals surface area contributed by atoms with Crippen molar-refractivity contribution in [2.75, 3.05) is 45.1 Å². The van der Waals surface area contributed by atoms with Gasteiger partial charge < -0.3 is 20.5 Å². The summed E-state index contributed by atoms with van der Waals surface area (Å²) in [5.74, 6) is 0.497. The molecule has 1 aromatic heterocycles. The number of benzene rings is 1. The maximum atomic E-state index is 12.4. The van der Waals surface area contributed by atoms with Crippen LogP contribution in [0.3, 0.4) is 0 Å². The fourth-order valence-electron chi connectivity index (χ4n) is 3.50. The Kier molecular flexibility index (Phi) is 5.60. The second kappa shape index (κ2) is 7.89. The van der Waals surface area contributed by atoms with Crippen molar-refractivity contribution in [1.82, 2.24) is 20.1 Å². The Hall–Kier alpha value is -2.05. The molecule has 0 radical (unpaired) electrons. The Bertz CT molecular complexity index is 703. The number of carbonyl (C=O) groups excluding carboxylic acids is 1. The van der Waals surface area contributed by atoms with Crippen molar-refractivity contribution >= 4 is 22.6 Å². The van der Waals surface area contributed by atoms with Crippen LogP contribution in [0.4, 0.5) is 10.5 Å². The molecule has 6 nitrogen and oxygen atoms in total. The zero-order valence-corrected chi connectivity index (χ0v) is 15.4. The lowest BCUT2D eigenvalue weighted by atomic mass is 10.0. The lowest BCUT2D eigenvalue weighted by Gasteiger charge is -2.39. The number of aromatic amines is 1. The molecular weight excluding hydrogens is 314 g/mol. The summed E-state index contributed by atoms with van der Waals surface area (Å²) in [5.41, 5.74) is 1.85. The third-order valence-electron chi connectivity index (χ3n) is 5.09. The number of nitrogens with one attached hydrogen (secondary N) is 3. The molecular formula is C19H29N5O. The van der Waals surface area contributed by atoms with Crippen LogP contribution in [0.2, 0.25) is 0 Å². The molecule has 25 heavy (non-hydrogen) atoms. The Labute approximate surface area is 149 Å². The second-order valence-electron chi connectivity index (χ2n) is 7.23. The Balaban J connectivity index is 1.57. The Morgan fingerprint density at radius 2 is 1.96 bits per heavy atom. The van der Waals surface area contributed by atoms with Gasteiger partial charge in [-0.25, -0.2) is 4.79 Å². The topological polar surface area (TPSA) is 63.4 Å². The summed E-state index contributed by atoms with van der Waals surface area (Å²) >= 11 is 0. The highest BCUT2D eigenvalue weighted by atomic mass is 16.2. The minimum Gasteiger partial charge on any atom is -0.361 e. The highest BCUT2D eigenvalue weighted by Gasteiger charge is 2.25. The molecule has 3 rings (SSSR count). The van der Waals surface area contributed by atoms with Crippen LogP contribution >= 0.6 is 0 Å². The third-order valence-corrected chi connectivity index (χ3v) is 5.09. The third kappa shape index (κ3) is 4.32. The van der Waals surface area contributed by atoms with E-state index in [2.05, 4.69) is 46.3 Å². The van der Waals surface area contributed by atoms with E-state index < -0.39 is 0 Å². The van der Waals surface area contributed by atoms with Gasteiger partial charge in [0.05, 0.1) is 5.69 Å². The molecule has 0 aliphatic carbocycles. The van der Waals surface area contributed by atoms with Gasteiger partial charge >= 0.3 is 6.03 Å². The molecule has 136 valence electrons. The highest BCUT2D eigenvalue weighted by molar-refractivity contribution is 6.00. The average molecular weight is 343 g/mol. The van der Waals surface area contributed by atoms with E-state index in [1.165, 1.54) is 0 Å². The molecule has 1 fully saturated rings. The maximum Gasteiger partial charge on any atom is 0.319 e. The number of anilines is 1. The van der Waals surface area contributed by atoms with Crippen LogP contribution < -0.4 is 10.6 Å². The standard InChI is InChI=1S/C19H29N5O/c1-14(2)18(24-11-9-23(3)10-12-24)13-21-19(25)22-17-6-4-5-16-15(17)7-8-20-16/h4-8,14,18,20H,9-13H2,1-3H3,(H2,21,22,25)/t18-/m1/s1. The van der Waals surface area contributed by atoms with E-state index in [4.69, 9.17) is 0 Å². The van der Waals surface area contributed by atoms with Crippen LogP contribution in [0.25, 0.3) is 10.9 Å². The van der Waals surface area contributed by atoms with Crippen LogP contribution in [-0.2, 0) is 0 Å². The molecule has 0 spiro atoms. The van der Waals surface area contributed by atoms with Gasteiger partial charge in [0.1, 0.15) is 0 Å². The van der Waals surface area contributed by atoms with E-state index in [0.717, 1.165) is 42.8 Å². The summed E-state index contributed by atoms with van der Waals surface area (Å²) in [5, 5.41) is 7.07. The highest BCUT2D eigenvalue weighted by Crippen LogP contribution is 2.22. The quantitative estimate of drug-likeness (QED) is 0.782. The molecule has 3 N–H and O–H groups in total. The first kappa shape index (κ1) is 17.8. The predicted molar refractivity (Wildman–Crippen MR) is 103 cm³/mol. The largest absolute Gasteiger partial charge is 0.361 e. The number of hydrogen-bond acceptors (Lipinski definition) is 3. The molecule has 1 aliphatic rings. The monoisotopic (exact) mass is 343 g/mol. The van der Waals surface area contributed by atoms with Crippen molar-refractivity contribution in [2.24, 2.45) is 5.92 Å². The van der Waals surface area contributed by atoms with E-state index in [1.54, 1.807) is 0 Å². The minimum atomic E-state index is -0.145. The van der Waals surface area contributed by atoms with E-state index in [0.29, 0.717) is 18.5 Å². The van der Waals surface area contributed by atoms with E-state index in [9.17, 15) is 4.79 Å². The summed E-state index contributed by atoms with van der Waals surface area (Å²) in [7, 11) is 2.16. The molecule has 2 aromatic rings. The molecule has 1 aliphatic heterocycles. The number of likely N-dealkylation sites (N-methyl/N-ethyl adjacent to an activating group) is 1. The van der Waals surface area contributed by atoms with Gasteiger partial charge in [-0.1, -0.05) is 19.9 Å². The van der Waals surface area contributed by atoms with Crippen molar-refractivity contribution in [3.63, 3.8) is 0 Å². The van der Waals surface area contributed by atoms with E-state index in [1.807, 2.05) is 30.5 Å². The lowest BCUT2D eigenvalue weighted by molar-refractivity contribution is 0.0890. The molecule has 1 aromatic carbocycles. The number of urea groups is 1. The van der Waals surface area contributed by atoms with E-state index in [-0.39, 0.29) is 6.03 Å². The Morgan fingerprint density at radius 3 is 2.68 bits per heavy atom. The van der Waals surface area contributed by atoms with Gasteiger partial charge in [0.25, 0.3) is 0 Å². The molecule has 2 heterocycles. The van der Waals surface area contributed by atoms with Crippen LogP contribution in [0, 0.1) is 5.92 Å². The van der Waals surface area contributed by atoms with Crippen molar-refractivity contribution in [3.05, 3.63) is 30.5 Å². The minimum absolute atomic E-state index is 0.145. The maximum absolute atomic E-state index is 12.4. The van der Waals surface area contributed by atoms with Crippen molar-refractivity contribution in [3.8, 4) is 0 Å². The van der Waals surface area contributed by atoms with Gasteiger partial charge in [-0.05, 0) is 31.2 Å². The van der Waals surface area contributed by atoms with Gasteiger partial charge in [0.15, 0.2) is 0 Å². The zero-order chi connectivity index (χ0) is 17.8. The number of amides is 2. The lowest BCUT2D eigenvalue weighted by Crippen LogP contribution is -2.54. The van der Waals surface area contributed by atoms with Crippen LogP contribution in [-0.4, -0.2) is 66.6 Å². The van der Waals surface area contributed by atoms with Gasteiger partial charge in [-0.15, -0.1) is 0 Å². The van der Waals surface area contributed by atoms with Crippen LogP contribution in [0.1, 0.15) is 13.8 Å². The number of hydrogen-bond donors (Lipinski definition) is 3. The summed E-state index contributed by atoms with van der Waals surface area (Å²) in [4.78, 5) is 20.4. The number of H-pyrrole nitrogens is 1. The average Bonchev–Trinajstić information content (AvgIpc) is 3.06. The zero-order valence-electron chi connectivity index (χ0n) is 15.4. The predicted octanol–water partition coefficient (Wildman–Crippen LogP) is 2.56. The smallest absolute Gasteiger partial charge is 0.319 e. The fourth-order valence-corrected chi connectivity index (χ4v) is 3.50. The summed E-state index contributed by atoms with van der Waals surface area (Å²) < 4.78 is 0. The van der Waals surface area contributed by atoms with Crippen LogP contribution in [0.5, 0.6) is 0 Å². The van der Waals surface area contributed by atoms with E-state index >= 15 is 0 Å². The molecule has 0 saturated carbocycles. The number of nitrogens with zero attached hydrogens (tertiary/aromatic N) is 2. The van der Waals surface area contributed by atoms with Gasteiger partial charge in [-0.2, -0.15) is 0 Å². The molecule has 2 amide bonds. The fraction of sp³-hybridized carbons (Fsp3) is 0.526. The van der Waals surface area contributed by atoms with Gasteiger partial charge in [0, 0.05) is 55.9 Å². The number of carbonyl (C=O) groups is 1. The first-order valence-corrected chi connectivity index (χ1v) is 9.08. The first-order chi connectivity index (χ1) is 12.0. The summed E-state index contributed by atoms with van der Waals surface area (Å²) in [6, 6.07) is 8.06. The molecule has 1 atom stereocenters. The summed E-state index contributed by atoms with van der Waals surface area (Å²) in [6.45, 7) is 9.41. The van der Waals surface area contributed by atoms with Gasteiger partial charge in [0.2, 0.25) is 0 Å². The molecule has 1 saturated heterocycles. The number of piperazine rings is 1. The van der Waals surface area contributed by atoms with Crippen molar-refractivity contribution < 1.29 is 4.79 Å². The second-order valence-corrected chi connectivity index (χ2v) is 7.23. The first-order valence-electron chi connectivity index (χ1n) is 9.08. The molecule has 0 unspecified atom stereocenters. The molecule has 6 heteroatoms. The normalized spacial score (nSPS) is 17.8. The number of rotatable bonds is 5. The summed E-state index contributed by atoms with van der Waals surface area (Å²) in [6.07, 6.45) is 1.88. The van der Waals surface area contributed by atoms with Crippen LogP contribution in [0.15, 0.2) is 30.5 Å². The number of aromatic nitrogens is 1. The molecule has 0 bridgehead atoms. The van der Waals surface area contributed by atoms with Crippen molar-refractivity contribution in [1.29, 1.82) is 0 Å². The van der Waals surface area contributed by atoms with Crippen molar-refractivity contribution in [2.45, 2.75) is 19.9 Å². The SMILES string of the molecule is CC(C)[C@@H](CNC(=O)Nc1cccc2[nH]ccc12)N1CCN(C)CC1. The van der Waals surface area contributed by atoms with Gasteiger partial charge in [-0.3, -0.25) is 4.90 Å².